The standard InChI is InChI=1S/C9H14N4O/c1-4-9(3)10-6-5(2)12-13-7(6)8(14)11-9/h10H,4H2,1-3H3,(H,11,14)(H,12,13). The molecule has 14 heavy (non-hydrogen) atoms. The third-order valence-electron chi connectivity index (χ3n) is 2.66. The molecule has 1 atom stereocenters. The smallest absolute Gasteiger partial charge is 0.275 e. The first-order chi connectivity index (χ1) is 6.56. The maximum absolute atomic E-state index is 11.6. The second-order valence-electron chi connectivity index (χ2n) is 3.84. The van der Waals surface area contributed by atoms with Crippen LogP contribution in [0.2, 0.25) is 0 Å². The van der Waals surface area contributed by atoms with Gasteiger partial charge in [0.25, 0.3) is 5.91 Å². The molecule has 0 spiro atoms. The number of carbonyl (C=O) groups excluding carboxylic acids is 1. The predicted octanol–water partition coefficient (Wildman–Crippen LogP) is 1.000. The molecule has 2 heterocycles. The monoisotopic (exact) mass is 194 g/mol. The Bertz CT molecular complexity index is 384. The topological polar surface area (TPSA) is 69.8 Å². The molecule has 0 bridgehead atoms. The molecule has 5 nitrogen and oxygen atoms in total. The molecule has 5 heteroatoms. The van der Waals surface area contributed by atoms with E-state index in [0.717, 1.165) is 17.8 Å². The van der Waals surface area contributed by atoms with E-state index in [0.29, 0.717) is 5.69 Å². The number of aryl methyl sites for hydroxylation is 1. The highest BCUT2D eigenvalue weighted by atomic mass is 16.2. The van der Waals surface area contributed by atoms with E-state index in [1.165, 1.54) is 0 Å². The average Bonchev–Trinajstić information content (AvgIpc) is 2.48. The van der Waals surface area contributed by atoms with Crippen molar-refractivity contribution < 1.29 is 4.79 Å². The quantitative estimate of drug-likeness (QED) is 0.624. The fraction of sp³-hybridized carbons (Fsp3) is 0.556. The molecule has 0 saturated heterocycles. The van der Waals surface area contributed by atoms with Crippen molar-refractivity contribution in [3.8, 4) is 0 Å². The highest BCUT2D eigenvalue weighted by molar-refractivity contribution is 6.00. The zero-order chi connectivity index (χ0) is 10.3. The van der Waals surface area contributed by atoms with Crippen molar-refractivity contribution in [2.75, 3.05) is 5.32 Å². The second-order valence-corrected chi connectivity index (χ2v) is 3.84. The molecule has 76 valence electrons. The van der Waals surface area contributed by atoms with Crippen LogP contribution in [0.25, 0.3) is 0 Å². The van der Waals surface area contributed by atoms with Gasteiger partial charge >= 0.3 is 0 Å². The Morgan fingerprint density at radius 1 is 1.43 bits per heavy atom. The third kappa shape index (κ3) is 1.16. The summed E-state index contributed by atoms with van der Waals surface area (Å²) in [6.45, 7) is 5.88. The summed E-state index contributed by atoms with van der Waals surface area (Å²) in [7, 11) is 0. The minimum absolute atomic E-state index is 0.118. The average molecular weight is 194 g/mol. The molecule has 0 saturated carbocycles. The Kier molecular flexibility index (Phi) is 1.77. The van der Waals surface area contributed by atoms with Gasteiger partial charge in [-0.2, -0.15) is 5.10 Å². The molecule has 0 fully saturated rings. The van der Waals surface area contributed by atoms with Gasteiger partial charge in [-0.1, -0.05) is 6.92 Å². The molecule has 1 unspecified atom stereocenters. The van der Waals surface area contributed by atoms with Crippen LogP contribution in [-0.4, -0.2) is 21.8 Å². The molecular weight excluding hydrogens is 180 g/mol. The summed E-state index contributed by atoms with van der Waals surface area (Å²) >= 11 is 0. The van der Waals surface area contributed by atoms with Gasteiger partial charge in [-0.05, 0) is 20.3 Å². The molecule has 2 rings (SSSR count). The van der Waals surface area contributed by atoms with E-state index in [-0.39, 0.29) is 11.6 Å². The summed E-state index contributed by atoms with van der Waals surface area (Å²) in [6, 6.07) is 0. The number of amides is 1. The van der Waals surface area contributed by atoms with Crippen LogP contribution in [0, 0.1) is 6.92 Å². The zero-order valence-electron chi connectivity index (χ0n) is 8.56. The third-order valence-corrected chi connectivity index (χ3v) is 2.66. The molecule has 0 aromatic carbocycles. The predicted molar refractivity (Wildman–Crippen MR) is 53.1 cm³/mol. The lowest BCUT2D eigenvalue weighted by Crippen LogP contribution is -2.55. The number of hydrogen-bond donors (Lipinski definition) is 3. The van der Waals surface area contributed by atoms with E-state index < -0.39 is 0 Å². The lowest BCUT2D eigenvalue weighted by Gasteiger charge is -2.35. The van der Waals surface area contributed by atoms with Crippen molar-refractivity contribution >= 4 is 11.6 Å². The van der Waals surface area contributed by atoms with E-state index >= 15 is 0 Å². The van der Waals surface area contributed by atoms with E-state index in [9.17, 15) is 4.79 Å². The summed E-state index contributed by atoms with van der Waals surface area (Å²) in [4.78, 5) is 11.6. The summed E-state index contributed by atoms with van der Waals surface area (Å²) in [5, 5.41) is 12.9. The van der Waals surface area contributed by atoms with Crippen LogP contribution in [0.5, 0.6) is 0 Å². The van der Waals surface area contributed by atoms with E-state index in [4.69, 9.17) is 0 Å². The molecule has 0 radical (unpaired) electrons. The molecule has 1 aromatic rings. The first-order valence-corrected chi connectivity index (χ1v) is 4.71. The summed E-state index contributed by atoms with van der Waals surface area (Å²) < 4.78 is 0. The number of nitrogens with one attached hydrogen (secondary N) is 3. The number of aromatic amines is 1. The van der Waals surface area contributed by atoms with Gasteiger partial charge in [0.1, 0.15) is 5.66 Å². The fourth-order valence-electron chi connectivity index (χ4n) is 1.54. The number of hydrogen-bond acceptors (Lipinski definition) is 3. The molecule has 1 aliphatic heterocycles. The lowest BCUT2D eigenvalue weighted by molar-refractivity contribution is 0.0900. The Balaban J connectivity index is 2.45. The van der Waals surface area contributed by atoms with Crippen LogP contribution < -0.4 is 10.6 Å². The van der Waals surface area contributed by atoms with E-state index in [2.05, 4.69) is 20.8 Å². The zero-order valence-corrected chi connectivity index (χ0v) is 8.56. The largest absolute Gasteiger partial charge is 0.360 e. The van der Waals surface area contributed by atoms with Gasteiger partial charge in [-0.25, -0.2) is 0 Å². The molecule has 0 aliphatic carbocycles. The molecule has 1 aromatic heterocycles. The van der Waals surface area contributed by atoms with Crippen molar-refractivity contribution in [1.82, 2.24) is 15.5 Å². The maximum Gasteiger partial charge on any atom is 0.275 e. The van der Waals surface area contributed by atoms with Crippen LogP contribution in [-0.2, 0) is 0 Å². The Morgan fingerprint density at radius 2 is 2.14 bits per heavy atom. The number of H-pyrrole nitrogens is 1. The van der Waals surface area contributed by atoms with E-state index in [1.807, 2.05) is 20.8 Å². The van der Waals surface area contributed by atoms with Crippen LogP contribution in [0.3, 0.4) is 0 Å². The van der Waals surface area contributed by atoms with Gasteiger partial charge in [0, 0.05) is 0 Å². The summed E-state index contributed by atoms with van der Waals surface area (Å²) in [6.07, 6.45) is 0.822. The SMILES string of the molecule is CCC1(C)NC(=O)c2n[nH]c(C)c2N1. The fourth-order valence-corrected chi connectivity index (χ4v) is 1.54. The van der Waals surface area contributed by atoms with E-state index in [1.54, 1.807) is 0 Å². The highest BCUT2D eigenvalue weighted by Crippen LogP contribution is 2.26. The van der Waals surface area contributed by atoms with Crippen molar-refractivity contribution in [3.05, 3.63) is 11.4 Å². The number of rotatable bonds is 1. The Hall–Kier alpha value is -1.52. The van der Waals surface area contributed by atoms with Crippen LogP contribution in [0.1, 0.15) is 36.5 Å². The van der Waals surface area contributed by atoms with Gasteiger partial charge in [0.2, 0.25) is 0 Å². The first kappa shape index (κ1) is 9.05. The number of nitrogens with zero attached hydrogens (tertiary/aromatic N) is 1. The van der Waals surface area contributed by atoms with Gasteiger partial charge < -0.3 is 10.6 Å². The maximum atomic E-state index is 11.6. The van der Waals surface area contributed by atoms with Gasteiger partial charge in [-0.15, -0.1) is 0 Å². The number of fused-ring (bicyclic) bond motifs is 1. The normalized spacial score (nSPS) is 25.2. The number of aromatic nitrogens is 2. The first-order valence-electron chi connectivity index (χ1n) is 4.71. The Morgan fingerprint density at radius 3 is 2.79 bits per heavy atom. The molecule has 1 amide bonds. The molecule has 3 N–H and O–H groups in total. The highest BCUT2D eigenvalue weighted by Gasteiger charge is 2.34. The Labute approximate surface area is 82.3 Å². The van der Waals surface area contributed by atoms with Crippen molar-refractivity contribution in [3.63, 3.8) is 0 Å². The number of carbonyl (C=O) groups is 1. The minimum Gasteiger partial charge on any atom is -0.360 e. The van der Waals surface area contributed by atoms with Crippen molar-refractivity contribution in [2.24, 2.45) is 0 Å². The van der Waals surface area contributed by atoms with Crippen LogP contribution in [0.4, 0.5) is 5.69 Å². The molecule has 1 aliphatic rings. The number of anilines is 1. The van der Waals surface area contributed by atoms with Gasteiger partial charge in [0.05, 0.1) is 11.4 Å². The van der Waals surface area contributed by atoms with Crippen LogP contribution >= 0.6 is 0 Å². The van der Waals surface area contributed by atoms with Crippen LogP contribution in [0.15, 0.2) is 0 Å². The summed E-state index contributed by atoms with van der Waals surface area (Å²) in [5.41, 5.74) is 1.81. The minimum atomic E-state index is -0.362. The van der Waals surface area contributed by atoms with Crippen molar-refractivity contribution in [2.45, 2.75) is 32.9 Å². The second kappa shape index (κ2) is 2.73. The van der Waals surface area contributed by atoms with Gasteiger partial charge in [0.15, 0.2) is 5.69 Å². The van der Waals surface area contributed by atoms with Gasteiger partial charge in [-0.3, -0.25) is 9.89 Å². The van der Waals surface area contributed by atoms with Crippen molar-refractivity contribution in [1.29, 1.82) is 0 Å². The molecular formula is C9H14N4O. The lowest BCUT2D eigenvalue weighted by atomic mass is 10.1. The summed E-state index contributed by atoms with van der Waals surface area (Å²) in [5.74, 6) is -0.118.